The molecule has 1 aliphatic rings. The fourth-order valence-corrected chi connectivity index (χ4v) is 2.83. The summed E-state index contributed by atoms with van der Waals surface area (Å²) in [6.45, 7) is 5.56. The predicted octanol–water partition coefficient (Wildman–Crippen LogP) is 2.25. The highest BCUT2D eigenvalue weighted by molar-refractivity contribution is 5.83. The van der Waals surface area contributed by atoms with Gasteiger partial charge in [0, 0.05) is 18.2 Å². The number of rotatable bonds is 4. The van der Waals surface area contributed by atoms with E-state index in [1.54, 1.807) is 0 Å². The van der Waals surface area contributed by atoms with Gasteiger partial charge < -0.3 is 15.7 Å². The summed E-state index contributed by atoms with van der Waals surface area (Å²) in [6.07, 6.45) is 1.45. The Balaban J connectivity index is 2.28. The van der Waals surface area contributed by atoms with Gasteiger partial charge in [-0.05, 0) is 38.4 Å². The summed E-state index contributed by atoms with van der Waals surface area (Å²) < 4.78 is 0. The first-order valence-electron chi connectivity index (χ1n) is 6.87. The van der Waals surface area contributed by atoms with Crippen LogP contribution >= 0.6 is 0 Å². The van der Waals surface area contributed by atoms with E-state index in [4.69, 9.17) is 0 Å². The van der Waals surface area contributed by atoms with Crippen LogP contribution in [0.15, 0.2) is 24.3 Å². The number of hydrogen-bond acceptors (Lipinski definition) is 3. The summed E-state index contributed by atoms with van der Waals surface area (Å²) in [5.74, 6) is -0.651. The maximum Gasteiger partial charge on any atom is 0.329 e. The summed E-state index contributed by atoms with van der Waals surface area (Å²) in [7, 11) is 0. The van der Waals surface area contributed by atoms with E-state index in [1.165, 1.54) is 5.56 Å². The van der Waals surface area contributed by atoms with Crippen LogP contribution in [0.3, 0.4) is 0 Å². The first-order valence-corrected chi connectivity index (χ1v) is 6.87. The topological polar surface area (TPSA) is 61.4 Å². The van der Waals surface area contributed by atoms with Gasteiger partial charge in [0.2, 0.25) is 0 Å². The van der Waals surface area contributed by atoms with Crippen molar-refractivity contribution in [3.8, 4) is 0 Å². The van der Waals surface area contributed by atoms with Gasteiger partial charge >= 0.3 is 5.97 Å². The molecule has 2 atom stereocenters. The Morgan fingerprint density at radius 3 is 2.74 bits per heavy atom. The normalized spacial score (nSPS) is 26.9. The number of carboxylic acid groups (broad SMARTS) is 1. The molecule has 2 unspecified atom stereocenters. The minimum atomic E-state index is -0.852. The zero-order valence-corrected chi connectivity index (χ0v) is 11.6. The third-order valence-electron chi connectivity index (χ3n) is 4.08. The van der Waals surface area contributed by atoms with E-state index in [-0.39, 0.29) is 5.92 Å². The summed E-state index contributed by atoms with van der Waals surface area (Å²) in [5, 5.41) is 16.3. The van der Waals surface area contributed by atoms with Crippen molar-refractivity contribution in [1.29, 1.82) is 0 Å². The standard InChI is InChI=1S/C15H22N2O2/c1-3-12-10-16-9-8-15(12,14(18)19)17-13-6-4-11(2)5-7-13/h4-7,12,16-17H,3,8-10H2,1-2H3,(H,18,19). The molecule has 4 nitrogen and oxygen atoms in total. The van der Waals surface area contributed by atoms with Crippen LogP contribution in [-0.4, -0.2) is 29.7 Å². The van der Waals surface area contributed by atoms with Crippen molar-refractivity contribution in [2.45, 2.75) is 32.2 Å². The number of hydrogen-bond donors (Lipinski definition) is 3. The van der Waals surface area contributed by atoms with Crippen LogP contribution < -0.4 is 10.6 Å². The Morgan fingerprint density at radius 2 is 2.16 bits per heavy atom. The molecule has 0 radical (unpaired) electrons. The second-order valence-electron chi connectivity index (χ2n) is 5.33. The maximum atomic E-state index is 11.8. The number of piperidine rings is 1. The van der Waals surface area contributed by atoms with E-state index in [2.05, 4.69) is 10.6 Å². The molecular weight excluding hydrogens is 240 g/mol. The second kappa shape index (κ2) is 5.61. The average Bonchev–Trinajstić information content (AvgIpc) is 2.41. The van der Waals surface area contributed by atoms with Gasteiger partial charge in [-0.25, -0.2) is 4.79 Å². The summed E-state index contributed by atoms with van der Waals surface area (Å²) in [5.41, 5.74) is 1.20. The molecule has 2 rings (SSSR count). The molecule has 1 aromatic rings. The molecule has 0 saturated carbocycles. The van der Waals surface area contributed by atoms with Crippen molar-refractivity contribution >= 4 is 11.7 Å². The number of aliphatic carboxylic acids is 1. The van der Waals surface area contributed by atoms with Crippen molar-refractivity contribution in [3.63, 3.8) is 0 Å². The van der Waals surface area contributed by atoms with E-state index < -0.39 is 11.5 Å². The number of nitrogens with one attached hydrogen (secondary N) is 2. The lowest BCUT2D eigenvalue weighted by Gasteiger charge is -2.42. The molecule has 0 bridgehead atoms. The fraction of sp³-hybridized carbons (Fsp3) is 0.533. The summed E-state index contributed by atoms with van der Waals surface area (Å²) >= 11 is 0. The minimum Gasteiger partial charge on any atom is -0.479 e. The lowest BCUT2D eigenvalue weighted by molar-refractivity contribution is -0.145. The van der Waals surface area contributed by atoms with Gasteiger partial charge in [-0.3, -0.25) is 0 Å². The summed E-state index contributed by atoms with van der Waals surface area (Å²) in [4.78, 5) is 11.8. The second-order valence-corrected chi connectivity index (χ2v) is 5.33. The zero-order chi connectivity index (χ0) is 13.9. The van der Waals surface area contributed by atoms with Crippen LogP contribution in [0.1, 0.15) is 25.3 Å². The van der Waals surface area contributed by atoms with Gasteiger partial charge in [0.05, 0.1) is 0 Å². The fourth-order valence-electron chi connectivity index (χ4n) is 2.83. The minimum absolute atomic E-state index is 0.0973. The number of anilines is 1. The molecule has 1 saturated heterocycles. The molecule has 3 N–H and O–H groups in total. The van der Waals surface area contributed by atoms with Gasteiger partial charge in [0.15, 0.2) is 0 Å². The quantitative estimate of drug-likeness (QED) is 0.779. The van der Waals surface area contributed by atoms with E-state index in [1.807, 2.05) is 38.1 Å². The van der Waals surface area contributed by atoms with Gasteiger partial charge in [0.25, 0.3) is 0 Å². The first-order chi connectivity index (χ1) is 9.08. The van der Waals surface area contributed by atoms with Crippen LogP contribution in [0, 0.1) is 12.8 Å². The third-order valence-corrected chi connectivity index (χ3v) is 4.08. The number of aryl methyl sites for hydroxylation is 1. The maximum absolute atomic E-state index is 11.8. The highest BCUT2D eigenvalue weighted by atomic mass is 16.4. The highest BCUT2D eigenvalue weighted by Gasteiger charge is 2.46. The predicted molar refractivity (Wildman–Crippen MR) is 76.4 cm³/mol. The number of carbonyl (C=O) groups is 1. The van der Waals surface area contributed by atoms with Crippen molar-refractivity contribution in [2.24, 2.45) is 5.92 Å². The monoisotopic (exact) mass is 262 g/mol. The van der Waals surface area contributed by atoms with E-state index in [0.29, 0.717) is 6.42 Å². The Morgan fingerprint density at radius 1 is 1.47 bits per heavy atom. The van der Waals surface area contributed by atoms with Gasteiger partial charge in [0.1, 0.15) is 5.54 Å². The molecule has 1 heterocycles. The molecule has 0 aromatic heterocycles. The molecule has 0 aliphatic carbocycles. The van der Waals surface area contributed by atoms with Gasteiger partial charge in [-0.2, -0.15) is 0 Å². The van der Waals surface area contributed by atoms with Crippen molar-refractivity contribution < 1.29 is 9.90 Å². The van der Waals surface area contributed by atoms with Crippen molar-refractivity contribution in [3.05, 3.63) is 29.8 Å². The molecule has 1 fully saturated rings. The van der Waals surface area contributed by atoms with Crippen LogP contribution in [0.4, 0.5) is 5.69 Å². The Kier molecular flexibility index (Phi) is 4.10. The van der Waals surface area contributed by atoms with Crippen LogP contribution in [0.2, 0.25) is 0 Å². The lowest BCUT2D eigenvalue weighted by atomic mass is 9.76. The zero-order valence-electron chi connectivity index (χ0n) is 11.6. The largest absolute Gasteiger partial charge is 0.479 e. The Bertz CT molecular complexity index is 444. The van der Waals surface area contributed by atoms with Crippen molar-refractivity contribution in [2.75, 3.05) is 18.4 Å². The van der Waals surface area contributed by atoms with Gasteiger partial charge in [-0.15, -0.1) is 0 Å². The van der Waals surface area contributed by atoms with E-state index >= 15 is 0 Å². The van der Waals surface area contributed by atoms with Crippen LogP contribution in [0.5, 0.6) is 0 Å². The molecule has 1 aromatic carbocycles. The molecule has 1 aliphatic heterocycles. The van der Waals surface area contributed by atoms with Gasteiger partial charge in [-0.1, -0.05) is 24.6 Å². The first kappa shape index (κ1) is 13.9. The summed E-state index contributed by atoms with van der Waals surface area (Å²) in [6, 6.07) is 7.91. The highest BCUT2D eigenvalue weighted by Crippen LogP contribution is 2.31. The molecule has 0 amide bonds. The number of benzene rings is 1. The smallest absolute Gasteiger partial charge is 0.329 e. The molecule has 19 heavy (non-hydrogen) atoms. The van der Waals surface area contributed by atoms with E-state index in [0.717, 1.165) is 25.2 Å². The molecule has 0 spiro atoms. The molecular formula is C15H22N2O2. The van der Waals surface area contributed by atoms with E-state index in [9.17, 15) is 9.90 Å². The lowest BCUT2D eigenvalue weighted by Crippen LogP contribution is -2.59. The molecule has 4 heteroatoms. The van der Waals surface area contributed by atoms with Crippen LogP contribution in [0.25, 0.3) is 0 Å². The van der Waals surface area contributed by atoms with Crippen LogP contribution in [-0.2, 0) is 4.79 Å². The molecule has 104 valence electrons. The Hall–Kier alpha value is -1.55. The average molecular weight is 262 g/mol. The SMILES string of the molecule is CCC1CNCCC1(Nc1ccc(C)cc1)C(=O)O. The van der Waals surface area contributed by atoms with Crippen molar-refractivity contribution in [1.82, 2.24) is 5.32 Å². The third kappa shape index (κ3) is 2.73. The Labute approximate surface area is 114 Å². The number of carboxylic acids is 1.